The van der Waals surface area contributed by atoms with Crippen molar-refractivity contribution in [2.45, 2.75) is 17.3 Å². The summed E-state index contributed by atoms with van der Waals surface area (Å²) in [6.45, 7) is 1.81. The largest absolute Gasteiger partial charge is 0.508 e. The minimum Gasteiger partial charge on any atom is -0.508 e. The number of hydrogen-bond acceptors (Lipinski definition) is 6. The average Bonchev–Trinajstić information content (AvgIpc) is 3.23. The lowest BCUT2D eigenvalue weighted by Gasteiger charge is -2.14. The summed E-state index contributed by atoms with van der Waals surface area (Å²) in [5, 5.41) is 24.3. The Kier molecular flexibility index (Phi) is 5.76. The summed E-state index contributed by atoms with van der Waals surface area (Å²) < 4.78 is 1.53. The summed E-state index contributed by atoms with van der Waals surface area (Å²) in [5.41, 5.74) is 3.43. The van der Waals surface area contributed by atoms with Crippen LogP contribution in [0.4, 0.5) is 5.69 Å². The monoisotopic (exact) mass is 417 g/mol. The average molecular weight is 417 g/mol. The third-order valence-electron chi connectivity index (χ3n) is 4.46. The Morgan fingerprint density at radius 2 is 1.70 bits per heavy atom. The molecule has 7 nitrogen and oxygen atoms in total. The molecule has 0 aliphatic rings. The maximum atomic E-state index is 12.9. The number of anilines is 1. The van der Waals surface area contributed by atoms with Crippen LogP contribution in [0.25, 0.3) is 16.8 Å². The third-order valence-corrected chi connectivity index (χ3v) is 5.49. The van der Waals surface area contributed by atoms with Gasteiger partial charge in [0.1, 0.15) is 5.75 Å². The van der Waals surface area contributed by atoms with Crippen LogP contribution in [-0.4, -0.2) is 36.5 Å². The zero-order chi connectivity index (χ0) is 20.9. The van der Waals surface area contributed by atoms with Gasteiger partial charge in [-0.05, 0) is 53.2 Å². The quantitative estimate of drug-likeness (QED) is 0.458. The number of phenols is 1. The molecule has 30 heavy (non-hydrogen) atoms. The number of thioether (sulfide) groups is 1. The Morgan fingerprint density at radius 3 is 2.47 bits per heavy atom. The number of nitrogens with zero attached hydrogens (tertiary/aromatic N) is 4. The fourth-order valence-corrected chi connectivity index (χ4v) is 3.72. The second-order valence-electron chi connectivity index (χ2n) is 6.55. The van der Waals surface area contributed by atoms with Crippen molar-refractivity contribution in [3.63, 3.8) is 0 Å². The number of amides is 1. The summed E-state index contributed by atoms with van der Waals surface area (Å²) in [6, 6.07) is 24.1. The van der Waals surface area contributed by atoms with E-state index >= 15 is 0 Å². The van der Waals surface area contributed by atoms with Crippen LogP contribution in [0.3, 0.4) is 0 Å². The molecule has 0 unspecified atom stereocenters. The molecule has 0 fully saturated rings. The molecule has 1 aromatic heterocycles. The lowest BCUT2D eigenvalue weighted by Crippen LogP contribution is -2.23. The zero-order valence-corrected chi connectivity index (χ0v) is 17.0. The van der Waals surface area contributed by atoms with Gasteiger partial charge in [0.05, 0.1) is 10.9 Å². The number of hydrogen-bond donors (Lipinski definition) is 2. The second-order valence-corrected chi connectivity index (χ2v) is 7.86. The maximum Gasteiger partial charge on any atom is 0.237 e. The Labute approximate surface area is 177 Å². The highest BCUT2D eigenvalue weighted by Gasteiger charge is 2.20. The molecule has 0 saturated heterocycles. The van der Waals surface area contributed by atoms with Gasteiger partial charge in [0.2, 0.25) is 11.1 Å². The van der Waals surface area contributed by atoms with Gasteiger partial charge >= 0.3 is 0 Å². The van der Waals surface area contributed by atoms with E-state index in [9.17, 15) is 9.90 Å². The lowest BCUT2D eigenvalue weighted by atomic mass is 10.0. The molecule has 0 aliphatic heterocycles. The van der Waals surface area contributed by atoms with Crippen molar-refractivity contribution in [1.29, 1.82) is 0 Å². The van der Waals surface area contributed by atoms with Crippen molar-refractivity contribution >= 4 is 23.4 Å². The van der Waals surface area contributed by atoms with Crippen LogP contribution in [0.5, 0.6) is 5.75 Å². The number of tetrazole rings is 1. The molecule has 0 saturated carbocycles. The molecule has 0 spiro atoms. The fourth-order valence-electron chi connectivity index (χ4n) is 2.92. The number of aromatic nitrogens is 4. The van der Waals surface area contributed by atoms with Crippen LogP contribution in [0.2, 0.25) is 0 Å². The van der Waals surface area contributed by atoms with Crippen LogP contribution in [0.1, 0.15) is 6.92 Å². The van der Waals surface area contributed by atoms with E-state index in [4.69, 9.17) is 0 Å². The number of benzene rings is 3. The number of phenolic OH excluding ortho intramolecular Hbond substituents is 1. The zero-order valence-electron chi connectivity index (χ0n) is 16.1. The van der Waals surface area contributed by atoms with Gasteiger partial charge in [0.25, 0.3) is 0 Å². The first-order chi connectivity index (χ1) is 14.6. The summed E-state index contributed by atoms with van der Waals surface area (Å²) in [6.07, 6.45) is 0. The molecule has 4 rings (SSSR count). The standard InChI is InChI=1S/C22H19N5O2S/c1-15(30-22-24-25-26-27(22)17-11-13-18(28)14-12-17)21(29)23-20-10-6-5-9-19(20)16-7-3-2-4-8-16/h2-15,28H,1H3,(H,23,29)/t15-/m0/s1. The van der Waals surface area contributed by atoms with Crippen LogP contribution in [0.15, 0.2) is 84.0 Å². The van der Waals surface area contributed by atoms with E-state index in [0.717, 1.165) is 16.8 Å². The Morgan fingerprint density at radius 1 is 1.00 bits per heavy atom. The molecule has 0 aliphatic carbocycles. The van der Waals surface area contributed by atoms with Crippen LogP contribution in [0, 0.1) is 0 Å². The van der Waals surface area contributed by atoms with Gasteiger partial charge in [0, 0.05) is 11.3 Å². The predicted molar refractivity (Wildman–Crippen MR) is 117 cm³/mol. The highest BCUT2D eigenvalue weighted by Crippen LogP contribution is 2.29. The first-order valence-corrected chi connectivity index (χ1v) is 10.2. The van der Waals surface area contributed by atoms with Crippen molar-refractivity contribution in [3.05, 3.63) is 78.9 Å². The van der Waals surface area contributed by atoms with Crippen molar-refractivity contribution in [3.8, 4) is 22.6 Å². The Bertz CT molecular complexity index is 1150. The van der Waals surface area contributed by atoms with Crippen LogP contribution in [-0.2, 0) is 4.79 Å². The van der Waals surface area contributed by atoms with E-state index < -0.39 is 5.25 Å². The van der Waals surface area contributed by atoms with Crippen molar-refractivity contribution < 1.29 is 9.90 Å². The number of aromatic hydroxyl groups is 1. The third kappa shape index (κ3) is 4.33. The summed E-state index contributed by atoms with van der Waals surface area (Å²) >= 11 is 1.26. The Balaban J connectivity index is 1.50. The molecule has 3 aromatic carbocycles. The minimum atomic E-state index is -0.435. The van der Waals surface area contributed by atoms with E-state index in [0.29, 0.717) is 10.8 Å². The molecular formula is C22H19N5O2S. The fraction of sp³-hybridized carbons (Fsp3) is 0.0909. The molecule has 2 N–H and O–H groups in total. The minimum absolute atomic E-state index is 0.149. The highest BCUT2D eigenvalue weighted by atomic mass is 32.2. The molecule has 8 heteroatoms. The van der Waals surface area contributed by atoms with Gasteiger partial charge in [-0.2, -0.15) is 4.68 Å². The number of para-hydroxylation sites is 1. The van der Waals surface area contributed by atoms with Crippen molar-refractivity contribution in [2.24, 2.45) is 0 Å². The Hall–Kier alpha value is -3.65. The van der Waals surface area contributed by atoms with Gasteiger partial charge in [0.15, 0.2) is 0 Å². The molecule has 0 bridgehead atoms. The number of rotatable bonds is 6. The van der Waals surface area contributed by atoms with Crippen molar-refractivity contribution in [1.82, 2.24) is 20.2 Å². The summed E-state index contributed by atoms with van der Waals surface area (Å²) in [7, 11) is 0. The molecular weight excluding hydrogens is 398 g/mol. The van der Waals surface area contributed by atoms with E-state index in [-0.39, 0.29) is 11.7 Å². The summed E-state index contributed by atoms with van der Waals surface area (Å²) in [5.74, 6) is 0.00879. The number of carbonyl (C=O) groups excluding carboxylic acids is 1. The topological polar surface area (TPSA) is 92.9 Å². The second kappa shape index (κ2) is 8.79. The lowest BCUT2D eigenvalue weighted by molar-refractivity contribution is -0.115. The van der Waals surface area contributed by atoms with Gasteiger partial charge in [-0.25, -0.2) is 0 Å². The molecule has 150 valence electrons. The van der Waals surface area contributed by atoms with E-state index in [2.05, 4.69) is 20.8 Å². The predicted octanol–water partition coefficient (Wildman–Crippen LogP) is 4.15. The number of nitrogens with one attached hydrogen (secondary N) is 1. The maximum absolute atomic E-state index is 12.9. The number of carbonyl (C=O) groups is 1. The molecule has 1 amide bonds. The van der Waals surface area contributed by atoms with E-state index in [1.54, 1.807) is 31.2 Å². The molecule has 1 atom stereocenters. The van der Waals surface area contributed by atoms with E-state index in [1.807, 2.05) is 54.6 Å². The van der Waals surface area contributed by atoms with Crippen LogP contribution >= 0.6 is 11.8 Å². The SMILES string of the molecule is C[C@H](Sc1nnnn1-c1ccc(O)cc1)C(=O)Nc1ccccc1-c1ccccc1. The molecule has 1 heterocycles. The van der Waals surface area contributed by atoms with Gasteiger partial charge < -0.3 is 10.4 Å². The molecule has 0 radical (unpaired) electrons. The van der Waals surface area contributed by atoms with E-state index in [1.165, 1.54) is 16.4 Å². The van der Waals surface area contributed by atoms with Gasteiger partial charge in [-0.15, -0.1) is 5.10 Å². The summed E-state index contributed by atoms with van der Waals surface area (Å²) in [4.78, 5) is 12.9. The van der Waals surface area contributed by atoms with Crippen LogP contribution < -0.4 is 5.32 Å². The van der Waals surface area contributed by atoms with Crippen molar-refractivity contribution in [2.75, 3.05) is 5.32 Å². The highest BCUT2D eigenvalue weighted by molar-refractivity contribution is 8.00. The molecule has 4 aromatic rings. The normalized spacial score (nSPS) is 11.8. The van der Waals surface area contributed by atoms with Gasteiger partial charge in [-0.3, -0.25) is 4.79 Å². The first kappa shape index (κ1) is 19.7. The first-order valence-electron chi connectivity index (χ1n) is 9.31. The smallest absolute Gasteiger partial charge is 0.237 e. The van der Waals surface area contributed by atoms with Gasteiger partial charge in [-0.1, -0.05) is 60.3 Å².